The molecule has 0 saturated carbocycles. The topological polar surface area (TPSA) is 63.2 Å². The molecule has 1 N–H and O–H groups in total. The average Bonchev–Trinajstić information content (AvgIpc) is 2.17. The van der Waals surface area contributed by atoms with E-state index in [1.165, 1.54) is 13.8 Å². The van der Waals surface area contributed by atoms with Gasteiger partial charge in [0, 0.05) is 5.69 Å². The quantitative estimate of drug-likeness (QED) is 0.779. The van der Waals surface area contributed by atoms with Gasteiger partial charge in [-0.15, -0.1) is 0 Å². The molecule has 0 fully saturated rings. The number of rotatable bonds is 4. The highest BCUT2D eigenvalue weighted by Crippen LogP contribution is 2.09. The first-order valence-corrected chi connectivity index (χ1v) is 4.89. The van der Waals surface area contributed by atoms with Crippen molar-refractivity contribution in [2.24, 2.45) is 5.92 Å². The molecule has 0 unspecified atom stereocenters. The van der Waals surface area contributed by atoms with Gasteiger partial charge in [-0.1, -0.05) is 18.2 Å². The molecule has 1 aromatic rings. The van der Waals surface area contributed by atoms with Gasteiger partial charge in [-0.3, -0.25) is 14.4 Å². The number of carbonyl (C=O) groups is 3. The standard InChI is InChI=1S/C12H13NO3/c1-8(14)11(9(2)15)12(16)13-10-6-4-3-5-7-10/h3-7,11H,1-2H3,(H,13,16). The maximum atomic E-state index is 11.6. The van der Waals surface area contributed by atoms with Gasteiger partial charge in [0.15, 0.2) is 5.92 Å². The van der Waals surface area contributed by atoms with Crippen molar-refractivity contribution < 1.29 is 14.4 Å². The van der Waals surface area contributed by atoms with E-state index in [0.717, 1.165) is 0 Å². The van der Waals surface area contributed by atoms with Crippen LogP contribution in [0.4, 0.5) is 5.69 Å². The fourth-order valence-corrected chi connectivity index (χ4v) is 1.39. The van der Waals surface area contributed by atoms with Gasteiger partial charge < -0.3 is 5.32 Å². The summed E-state index contributed by atoms with van der Waals surface area (Å²) in [5.74, 6) is -2.67. The van der Waals surface area contributed by atoms with Crippen LogP contribution in [0.1, 0.15) is 13.8 Å². The van der Waals surface area contributed by atoms with Crippen LogP contribution >= 0.6 is 0 Å². The molecule has 1 rings (SSSR count). The molecule has 1 amide bonds. The number of carbonyl (C=O) groups excluding carboxylic acids is 3. The van der Waals surface area contributed by atoms with Gasteiger partial charge in [0.25, 0.3) is 0 Å². The zero-order chi connectivity index (χ0) is 12.1. The van der Waals surface area contributed by atoms with Crippen molar-refractivity contribution in [1.29, 1.82) is 0 Å². The lowest BCUT2D eigenvalue weighted by atomic mass is 10.00. The maximum Gasteiger partial charge on any atom is 0.242 e. The summed E-state index contributed by atoms with van der Waals surface area (Å²) >= 11 is 0. The summed E-state index contributed by atoms with van der Waals surface area (Å²) in [5.41, 5.74) is 0.569. The van der Waals surface area contributed by atoms with Crippen LogP contribution in [0.2, 0.25) is 0 Å². The Labute approximate surface area is 93.7 Å². The van der Waals surface area contributed by atoms with Crippen molar-refractivity contribution in [3.8, 4) is 0 Å². The van der Waals surface area contributed by atoms with Gasteiger partial charge in [-0.25, -0.2) is 0 Å². The van der Waals surface area contributed by atoms with Crippen LogP contribution in [0.3, 0.4) is 0 Å². The predicted molar refractivity (Wildman–Crippen MR) is 59.9 cm³/mol. The Hall–Kier alpha value is -1.97. The maximum absolute atomic E-state index is 11.6. The predicted octanol–water partition coefficient (Wildman–Crippen LogP) is 1.42. The highest BCUT2D eigenvalue weighted by Gasteiger charge is 2.27. The molecule has 4 heteroatoms. The fourth-order valence-electron chi connectivity index (χ4n) is 1.39. The first-order chi connectivity index (χ1) is 7.52. The SMILES string of the molecule is CC(=O)C(C(C)=O)C(=O)Nc1ccccc1. The van der Waals surface area contributed by atoms with Crippen LogP contribution < -0.4 is 5.32 Å². The van der Waals surface area contributed by atoms with E-state index in [1.54, 1.807) is 24.3 Å². The number of benzene rings is 1. The minimum absolute atomic E-state index is 0.444. The largest absolute Gasteiger partial charge is 0.325 e. The summed E-state index contributed by atoms with van der Waals surface area (Å²) in [5, 5.41) is 2.52. The van der Waals surface area contributed by atoms with Crippen molar-refractivity contribution in [3.63, 3.8) is 0 Å². The third kappa shape index (κ3) is 3.02. The van der Waals surface area contributed by atoms with Gasteiger partial charge in [-0.05, 0) is 26.0 Å². The zero-order valence-corrected chi connectivity index (χ0v) is 9.19. The second-order valence-corrected chi connectivity index (χ2v) is 3.51. The third-order valence-corrected chi connectivity index (χ3v) is 2.12. The second kappa shape index (κ2) is 5.21. The summed E-state index contributed by atoms with van der Waals surface area (Å²) in [6.45, 7) is 2.47. The zero-order valence-electron chi connectivity index (χ0n) is 9.19. The molecule has 0 atom stereocenters. The Morgan fingerprint density at radius 2 is 1.50 bits per heavy atom. The Balaban J connectivity index is 2.78. The number of hydrogen-bond donors (Lipinski definition) is 1. The van der Waals surface area contributed by atoms with Crippen LogP contribution in [0.15, 0.2) is 30.3 Å². The van der Waals surface area contributed by atoms with Gasteiger partial charge >= 0.3 is 0 Å². The van der Waals surface area contributed by atoms with Gasteiger partial charge in [0.1, 0.15) is 11.6 Å². The van der Waals surface area contributed by atoms with Crippen LogP contribution in [-0.2, 0) is 14.4 Å². The second-order valence-electron chi connectivity index (χ2n) is 3.51. The molecule has 0 aromatic heterocycles. The minimum atomic E-state index is -1.21. The molecule has 0 radical (unpaired) electrons. The number of anilines is 1. The van der Waals surface area contributed by atoms with Crippen LogP contribution in [0, 0.1) is 5.92 Å². The molecule has 0 bridgehead atoms. The summed E-state index contributed by atoms with van der Waals surface area (Å²) < 4.78 is 0. The van der Waals surface area contributed by atoms with Crippen LogP contribution in [-0.4, -0.2) is 17.5 Å². The number of amides is 1. The van der Waals surface area contributed by atoms with Crippen molar-refractivity contribution in [2.45, 2.75) is 13.8 Å². The van der Waals surface area contributed by atoms with Crippen molar-refractivity contribution in [2.75, 3.05) is 5.32 Å². The summed E-state index contributed by atoms with van der Waals surface area (Å²) in [4.78, 5) is 33.9. The molecule has 84 valence electrons. The number of ketones is 2. The van der Waals surface area contributed by atoms with Crippen LogP contribution in [0.25, 0.3) is 0 Å². The molecule has 0 heterocycles. The first-order valence-electron chi connectivity index (χ1n) is 4.89. The smallest absolute Gasteiger partial charge is 0.242 e. The van der Waals surface area contributed by atoms with Crippen molar-refractivity contribution in [3.05, 3.63) is 30.3 Å². The summed E-state index contributed by atoms with van der Waals surface area (Å²) in [6.07, 6.45) is 0. The van der Waals surface area contributed by atoms with Crippen LogP contribution in [0.5, 0.6) is 0 Å². The van der Waals surface area contributed by atoms with E-state index < -0.39 is 23.4 Å². The van der Waals surface area contributed by atoms with E-state index in [-0.39, 0.29) is 0 Å². The van der Waals surface area contributed by atoms with Gasteiger partial charge in [0.2, 0.25) is 5.91 Å². The number of hydrogen-bond acceptors (Lipinski definition) is 3. The van der Waals surface area contributed by atoms with Gasteiger partial charge in [-0.2, -0.15) is 0 Å². The molecule has 0 aliphatic heterocycles. The molecule has 0 aliphatic carbocycles. The molecular weight excluding hydrogens is 206 g/mol. The first kappa shape index (κ1) is 12.1. The van der Waals surface area contributed by atoms with E-state index in [0.29, 0.717) is 5.69 Å². The lowest BCUT2D eigenvalue weighted by molar-refractivity contribution is -0.136. The van der Waals surface area contributed by atoms with Crippen molar-refractivity contribution >= 4 is 23.2 Å². The van der Waals surface area contributed by atoms with Gasteiger partial charge in [0.05, 0.1) is 0 Å². The Morgan fingerprint density at radius 3 is 1.94 bits per heavy atom. The van der Waals surface area contributed by atoms with E-state index in [9.17, 15) is 14.4 Å². The molecule has 0 saturated heterocycles. The fraction of sp³-hybridized carbons (Fsp3) is 0.250. The number of nitrogens with one attached hydrogen (secondary N) is 1. The molecule has 16 heavy (non-hydrogen) atoms. The summed E-state index contributed by atoms with van der Waals surface area (Å²) in [7, 11) is 0. The van der Waals surface area contributed by atoms with Crippen molar-refractivity contribution in [1.82, 2.24) is 0 Å². The normalized spacial score (nSPS) is 9.94. The molecule has 0 aliphatic rings. The Kier molecular flexibility index (Phi) is 3.94. The molecule has 1 aromatic carbocycles. The van der Waals surface area contributed by atoms with E-state index in [4.69, 9.17) is 0 Å². The molecule has 4 nitrogen and oxygen atoms in total. The monoisotopic (exact) mass is 219 g/mol. The molecular formula is C12H13NO3. The highest BCUT2D eigenvalue weighted by molar-refractivity contribution is 6.20. The lowest BCUT2D eigenvalue weighted by Gasteiger charge is -2.10. The van der Waals surface area contributed by atoms with E-state index >= 15 is 0 Å². The van der Waals surface area contributed by atoms with E-state index in [2.05, 4.69) is 5.32 Å². The Bertz CT molecular complexity index is 398. The lowest BCUT2D eigenvalue weighted by Crippen LogP contribution is -2.33. The van der Waals surface area contributed by atoms with E-state index in [1.807, 2.05) is 6.07 Å². The number of para-hydroxylation sites is 1. The third-order valence-electron chi connectivity index (χ3n) is 2.12. The Morgan fingerprint density at radius 1 is 1.00 bits per heavy atom. The average molecular weight is 219 g/mol. The summed E-state index contributed by atoms with van der Waals surface area (Å²) in [6, 6.07) is 8.70. The highest BCUT2D eigenvalue weighted by atomic mass is 16.2. The minimum Gasteiger partial charge on any atom is -0.325 e. The number of Topliss-reactive ketones (excluding diaryl/α,β-unsaturated/α-hetero) is 2. The molecule has 0 spiro atoms.